The van der Waals surface area contributed by atoms with Crippen LogP contribution in [0.1, 0.15) is 32.8 Å². The fraction of sp³-hybridized carbons (Fsp3) is 0.500. The van der Waals surface area contributed by atoms with E-state index in [1.165, 1.54) is 6.20 Å². The average Bonchev–Trinajstić information content (AvgIpc) is 3.26. The molecule has 0 saturated carbocycles. The second kappa shape index (κ2) is 7.65. The third-order valence-corrected chi connectivity index (χ3v) is 5.54. The molecule has 2 bridgehead atoms. The molecule has 2 fully saturated rings. The van der Waals surface area contributed by atoms with Crippen molar-refractivity contribution in [1.82, 2.24) is 19.9 Å². The Kier molecular flexibility index (Phi) is 5.35. The summed E-state index contributed by atoms with van der Waals surface area (Å²) in [5.74, 6) is -0.137. The van der Waals surface area contributed by atoms with Crippen molar-refractivity contribution in [3.8, 4) is 11.3 Å². The molecule has 8 nitrogen and oxygen atoms in total. The number of hydrogen-bond acceptors (Lipinski definition) is 7. The van der Waals surface area contributed by atoms with Crippen LogP contribution in [0.5, 0.6) is 0 Å². The monoisotopic (exact) mass is 470 g/mol. The van der Waals surface area contributed by atoms with Crippen LogP contribution in [-0.4, -0.2) is 56.7 Å². The number of carbonyl (C=O) groups excluding carboxylic acids is 1. The first kappa shape index (κ1) is 22.4. The Labute approximate surface area is 187 Å². The molecule has 2 N–H and O–H groups in total. The fourth-order valence-electron chi connectivity index (χ4n) is 4.03. The van der Waals surface area contributed by atoms with Gasteiger partial charge in [0.1, 0.15) is 17.2 Å². The Hall–Kier alpha value is -2.82. The summed E-state index contributed by atoms with van der Waals surface area (Å²) in [6.07, 6.45) is -3.06. The van der Waals surface area contributed by atoms with E-state index in [0.29, 0.717) is 18.9 Å². The van der Waals surface area contributed by atoms with Gasteiger partial charge in [-0.1, -0.05) is 0 Å². The van der Waals surface area contributed by atoms with Crippen LogP contribution in [0.15, 0.2) is 18.3 Å². The Morgan fingerprint density at radius 2 is 1.91 bits per heavy atom. The number of hydrogen-bond donors (Lipinski definition) is 1. The van der Waals surface area contributed by atoms with Crippen LogP contribution < -0.4 is 10.6 Å². The number of pyridine rings is 1. The van der Waals surface area contributed by atoms with Crippen LogP contribution in [0.2, 0.25) is 5.28 Å². The first-order valence-corrected chi connectivity index (χ1v) is 10.3. The molecule has 32 heavy (non-hydrogen) atoms. The second-order valence-corrected chi connectivity index (χ2v) is 9.20. The summed E-state index contributed by atoms with van der Waals surface area (Å²) in [5.41, 5.74) is 4.08. The van der Waals surface area contributed by atoms with Gasteiger partial charge < -0.3 is 20.3 Å². The second-order valence-electron chi connectivity index (χ2n) is 8.86. The van der Waals surface area contributed by atoms with Gasteiger partial charge in [-0.2, -0.15) is 13.2 Å². The van der Waals surface area contributed by atoms with Crippen LogP contribution in [0.25, 0.3) is 11.3 Å². The molecular weight excluding hydrogens is 449 g/mol. The van der Waals surface area contributed by atoms with Gasteiger partial charge in [0.05, 0.1) is 23.3 Å². The number of rotatable bonds is 2. The highest BCUT2D eigenvalue weighted by Gasteiger charge is 2.47. The van der Waals surface area contributed by atoms with E-state index >= 15 is 0 Å². The molecule has 172 valence electrons. The highest BCUT2D eigenvalue weighted by Crippen LogP contribution is 2.38. The molecule has 4 heterocycles. The molecule has 0 aliphatic carbocycles. The number of nitrogens with two attached hydrogens (primary N) is 1. The lowest BCUT2D eigenvalue weighted by Gasteiger charge is -2.35. The molecule has 2 aliphatic rings. The van der Waals surface area contributed by atoms with Gasteiger partial charge in [-0.25, -0.2) is 19.7 Å². The molecule has 4 rings (SSSR count). The zero-order valence-corrected chi connectivity index (χ0v) is 18.4. The third kappa shape index (κ3) is 4.38. The number of nitrogen functional groups attached to an aromatic ring is 1. The standard InChI is InChI=1S/C20H22ClF3N6O2/c1-19(2,3)32-18(31)30-9-11-5-12(30)8-29(11)15-6-14(27-17(21)28-15)10-4-13(20(22,23)24)16(25)26-7-10/h4,6-7,11-12H,5,8-9H2,1-3H3,(H2,25,26). The molecule has 2 aromatic heterocycles. The van der Waals surface area contributed by atoms with Crippen LogP contribution in [0.4, 0.5) is 29.6 Å². The van der Waals surface area contributed by atoms with Gasteiger partial charge in [-0.3, -0.25) is 0 Å². The Morgan fingerprint density at radius 3 is 2.50 bits per heavy atom. The minimum Gasteiger partial charge on any atom is -0.444 e. The molecule has 2 aromatic rings. The number of ether oxygens (including phenoxy) is 1. The van der Waals surface area contributed by atoms with Gasteiger partial charge >= 0.3 is 12.3 Å². The number of amides is 1. The average molecular weight is 471 g/mol. The summed E-state index contributed by atoms with van der Waals surface area (Å²) in [6, 6.07) is 2.40. The highest BCUT2D eigenvalue weighted by atomic mass is 35.5. The summed E-state index contributed by atoms with van der Waals surface area (Å²) in [6.45, 7) is 6.40. The maximum Gasteiger partial charge on any atom is 0.419 e. The van der Waals surface area contributed by atoms with Crippen molar-refractivity contribution in [2.45, 2.75) is 51.1 Å². The maximum atomic E-state index is 13.2. The van der Waals surface area contributed by atoms with E-state index in [0.717, 1.165) is 12.5 Å². The summed E-state index contributed by atoms with van der Waals surface area (Å²) in [7, 11) is 0. The smallest absolute Gasteiger partial charge is 0.419 e. The van der Waals surface area contributed by atoms with Crippen molar-refractivity contribution < 1.29 is 22.7 Å². The molecular formula is C20H22ClF3N6O2. The van der Waals surface area contributed by atoms with Crippen molar-refractivity contribution in [1.29, 1.82) is 0 Å². The van der Waals surface area contributed by atoms with Gasteiger partial charge in [0, 0.05) is 30.9 Å². The number of halogens is 4. The van der Waals surface area contributed by atoms with Crippen LogP contribution >= 0.6 is 11.6 Å². The number of fused-ring (bicyclic) bond motifs is 2. The molecule has 2 unspecified atom stereocenters. The summed E-state index contributed by atoms with van der Waals surface area (Å²) in [4.78, 5) is 28.1. The largest absolute Gasteiger partial charge is 0.444 e. The van der Waals surface area contributed by atoms with Gasteiger partial charge in [-0.05, 0) is 44.9 Å². The van der Waals surface area contributed by atoms with Crippen molar-refractivity contribution in [2.24, 2.45) is 0 Å². The Morgan fingerprint density at radius 1 is 1.19 bits per heavy atom. The van der Waals surface area contributed by atoms with E-state index in [9.17, 15) is 18.0 Å². The van der Waals surface area contributed by atoms with E-state index in [1.807, 2.05) is 25.7 Å². The minimum atomic E-state index is -4.65. The predicted molar refractivity (Wildman–Crippen MR) is 112 cm³/mol. The molecule has 0 spiro atoms. The van der Waals surface area contributed by atoms with Crippen molar-refractivity contribution in [3.05, 3.63) is 29.2 Å². The lowest BCUT2D eigenvalue weighted by molar-refractivity contribution is -0.137. The Balaban J connectivity index is 1.58. The van der Waals surface area contributed by atoms with Crippen molar-refractivity contribution in [2.75, 3.05) is 23.7 Å². The van der Waals surface area contributed by atoms with Gasteiger partial charge in [-0.15, -0.1) is 0 Å². The van der Waals surface area contributed by atoms with E-state index in [2.05, 4.69) is 15.0 Å². The third-order valence-electron chi connectivity index (χ3n) is 5.37. The van der Waals surface area contributed by atoms with E-state index in [-0.39, 0.29) is 34.7 Å². The molecule has 2 atom stereocenters. The first-order valence-electron chi connectivity index (χ1n) is 9.96. The normalized spacial score (nSPS) is 20.7. The van der Waals surface area contributed by atoms with Crippen molar-refractivity contribution in [3.63, 3.8) is 0 Å². The number of likely N-dealkylation sites (tertiary alicyclic amines) is 1. The predicted octanol–water partition coefficient (Wildman–Crippen LogP) is 3.99. The van der Waals surface area contributed by atoms with Crippen LogP contribution in [0, 0.1) is 0 Å². The lowest BCUT2D eigenvalue weighted by atomic mass is 10.1. The molecule has 2 saturated heterocycles. The minimum absolute atomic E-state index is 0.0124. The van der Waals surface area contributed by atoms with E-state index in [4.69, 9.17) is 22.1 Å². The summed E-state index contributed by atoms with van der Waals surface area (Å²) >= 11 is 6.09. The quantitative estimate of drug-likeness (QED) is 0.663. The lowest BCUT2D eigenvalue weighted by Crippen LogP contribution is -2.50. The highest BCUT2D eigenvalue weighted by molar-refractivity contribution is 6.28. The maximum absolute atomic E-state index is 13.2. The number of carbonyl (C=O) groups is 1. The van der Waals surface area contributed by atoms with Crippen LogP contribution in [0.3, 0.4) is 0 Å². The molecule has 2 aliphatic heterocycles. The Bertz CT molecular complexity index is 1060. The van der Waals surface area contributed by atoms with E-state index in [1.54, 1.807) is 11.0 Å². The van der Waals surface area contributed by atoms with E-state index < -0.39 is 23.2 Å². The molecule has 12 heteroatoms. The number of nitrogens with zero attached hydrogens (tertiary/aromatic N) is 5. The van der Waals surface area contributed by atoms with Gasteiger partial charge in [0.15, 0.2) is 0 Å². The molecule has 1 amide bonds. The van der Waals surface area contributed by atoms with Crippen molar-refractivity contribution >= 4 is 29.3 Å². The van der Waals surface area contributed by atoms with Gasteiger partial charge in [0.2, 0.25) is 5.28 Å². The number of piperazine rings is 1. The van der Waals surface area contributed by atoms with Crippen LogP contribution in [-0.2, 0) is 10.9 Å². The zero-order valence-electron chi connectivity index (χ0n) is 17.6. The SMILES string of the molecule is CC(C)(C)OC(=O)N1CC2CC1CN2c1cc(-c2cnc(N)c(C(F)(F)F)c2)nc(Cl)n1. The molecule has 0 aromatic carbocycles. The summed E-state index contributed by atoms with van der Waals surface area (Å²) < 4.78 is 45.1. The molecule has 0 radical (unpaired) electrons. The fourth-order valence-corrected chi connectivity index (χ4v) is 4.21. The zero-order chi connectivity index (χ0) is 23.4. The summed E-state index contributed by atoms with van der Waals surface area (Å²) in [5, 5.41) is -0.102. The number of aromatic nitrogens is 3. The van der Waals surface area contributed by atoms with Gasteiger partial charge in [0.25, 0.3) is 0 Å². The number of alkyl halides is 3. The first-order chi connectivity index (χ1) is 14.8. The number of anilines is 2. The topological polar surface area (TPSA) is 97.5 Å².